The fourth-order valence-corrected chi connectivity index (χ4v) is 5.89. The highest BCUT2D eigenvalue weighted by atomic mass is 32.2. The number of methoxy groups -OCH3 is 1. The van der Waals surface area contributed by atoms with Crippen molar-refractivity contribution in [3.63, 3.8) is 0 Å². The molecule has 3 unspecified atom stereocenters. The maximum absolute atomic E-state index is 12.4. The Kier molecular flexibility index (Phi) is 2.77. The van der Waals surface area contributed by atoms with Gasteiger partial charge in [0.05, 0.1) is 12.1 Å². The zero-order valence-corrected chi connectivity index (χ0v) is 11.2. The van der Waals surface area contributed by atoms with Crippen LogP contribution in [0.5, 0.6) is 0 Å². The van der Waals surface area contributed by atoms with Crippen molar-refractivity contribution in [2.75, 3.05) is 13.7 Å². The van der Waals surface area contributed by atoms with Gasteiger partial charge in [-0.2, -0.15) is 4.31 Å². The van der Waals surface area contributed by atoms with Crippen LogP contribution in [0.2, 0.25) is 0 Å². The lowest BCUT2D eigenvalue weighted by atomic mass is 10.1. The normalized spacial score (nSPS) is 33.4. The molecular formula is C11H15NO3S2. The Hall–Kier alpha value is -0.430. The predicted octanol–water partition coefficient (Wildman–Crippen LogP) is 1.55. The average molecular weight is 273 g/mol. The van der Waals surface area contributed by atoms with Gasteiger partial charge in [-0.3, -0.25) is 0 Å². The van der Waals surface area contributed by atoms with E-state index in [9.17, 15) is 8.42 Å². The molecule has 2 heterocycles. The Balaban J connectivity index is 1.93. The van der Waals surface area contributed by atoms with Gasteiger partial charge in [-0.25, -0.2) is 8.42 Å². The first-order valence-corrected chi connectivity index (χ1v) is 8.04. The topological polar surface area (TPSA) is 46.6 Å². The van der Waals surface area contributed by atoms with Gasteiger partial charge in [-0.15, -0.1) is 11.3 Å². The molecule has 0 spiro atoms. The number of fused-ring (bicyclic) bond motifs is 2. The second-order valence-electron chi connectivity index (χ2n) is 4.61. The van der Waals surface area contributed by atoms with E-state index in [1.54, 1.807) is 28.9 Å². The summed E-state index contributed by atoms with van der Waals surface area (Å²) in [4.78, 5) is 0. The van der Waals surface area contributed by atoms with Gasteiger partial charge < -0.3 is 4.74 Å². The van der Waals surface area contributed by atoms with Crippen LogP contribution in [-0.4, -0.2) is 38.5 Å². The number of sulfonamides is 1. The van der Waals surface area contributed by atoms with Crippen molar-refractivity contribution < 1.29 is 13.2 Å². The van der Waals surface area contributed by atoms with Gasteiger partial charge in [0.1, 0.15) is 4.21 Å². The Morgan fingerprint density at radius 2 is 2.29 bits per heavy atom. The molecule has 2 aliphatic rings. The van der Waals surface area contributed by atoms with E-state index in [-0.39, 0.29) is 12.1 Å². The molecule has 0 aromatic carbocycles. The molecule has 3 rings (SSSR count). The fourth-order valence-electron chi connectivity index (χ4n) is 3.05. The van der Waals surface area contributed by atoms with Crippen LogP contribution in [-0.2, 0) is 14.8 Å². The number of hydrogen-bond acceptors (Lipinski definition) is 4. The summed E-state index contributed by atoms with van der Waals surface area (Å²) in [6.07, 6.45) is 2.10. The lowest BCUT2D eigenvalue weighted by molar-refractivity contribution is 0.0786. The summed E-state index contributed by atoms with van der Waals surface area (Å²) in [5.41, 5.74) is 0. The average Bonchev–Trinajstić information content (AvgIpc) is 3.04. The van der Waals surface area contributed by atoms with Gasteiger partial charge in [-0.1, -0.05) is 6.07 Å². The Morgan fingerprint density at radius 3 is 2.88 bits per heavy atom. The Bertz CT molecular complexity index is 497. The quantitative estimate of drug-likeness (QED) is 0.839. The smallest absolute Gasteiger partial charge is 0.252 e. The van der Waals surface area contributed by atoms with E-state index in [0.29, 0.717) is 16.7 Å². The maximum atomic E-state index is 12.4. The van der Waals surface area contributed by atoms with Crippen LogP contribution in [0.25, 0.3) is 0 Å². The van der Waals surface area contributed by atoms with Crippen LogP contribution in [0.15, 0.2) is 21.7 Å². The largest absolute Gasteiger partial charge is 0.379 e. The highest BCUT2D eigenvalue weighted by Crippen LogP contribution is 2.42. The van der Waals surface area contributed by atoms with E-state index in [2.05, 4.69) is 0 Å². The Labute approximate surface area is 105 Å². The SMILES string of the molecule is COC1C2CCC1N(S(=O)(=O)c1cccs1)C2. The monoisotopic (exact) mass is 273 g/mol. The van der Waals surface area contributed by atoms with E-state index < -0.39 is 10.0 Å². The van der Waals surface area contributed by atoms with Crippen LogP contribution in [0.3, 0.4) is 0 Å². The zero-order chi connectivity index (χ0) is 12.0. The summed E-state index contributed by atoms with van der Waals surface area (Å²) in [6.45, 7) is 0.614. The summed E-state index contributed by atoms with van der Waals surface area (Å²) in [6, 6.07) is 3.49. The van der Waals surface area contributed by atoms with Gasteiger partial charge in [0.2, 0.25) is 0 Å². The van der Waals surface area contributed by atoms with Crippen LogP contribution in [0.4, 0.5) is 0 Å². The summed E-state index contributed by atoms with van der Waals surface area (Å²) in [7, 11) is -1.62. The van der Waals surface area contributed by atoms with Gasteiger partial charge in [0.25, 0.3) is 10.0 Å². The van der Waals surface area contributed by atoms with Gasteiger partial charge in [-0.05, 0) is 24.3 Å². The van der Waals surface area contributed by atoms with E-state index in [0.717, 1.165) is 12.8 Å². The van der Waals surface area contributed by atoms with Crippen LogP contribution in [0.1, 0.15) is 12.8 Å². The second kappa shape index (κ2) is 4.05. The summed E-state index contributed by atoms with van der Waals surface area (Å²) >= 11 is 1.28. The van der Waals surface area contributed by atoms with Crippen molar-refractivity contribution in [1.29, 1.82) is 0 Å². The van der Waals surface area contributed by atoms with Gasteiger partial charge in [0, 0.05) is 19.6 Å². The predicted molar refractivity (Wildman–Crippen MR) is 65.5 cm³/mol. The minimum Gasteiger partial charge on any atom is -0.379 e. The third kappa shape index (κ3) is 1.66. The molecule has 17 heavy (non-hydrogen) atoms. The number of thiophene rings is 1. The molecule has 3 atom stereocenters. The number of nitrogens with zero attached hydrogens (tertiary/aromatic N) is 1. The number of ether oxygens (including phenoxy) is 1. The van der Waals surface area contributed by atoms with Crippen molar-refractivity contribution in [2.45, 2.75) is 29.2 Å². The molecule has 1 saturated heterocycles. The highest BCUT2D eigenvalue weighted by molar-refractivity contribution is 7.91. The third-order valence-electron chi connectivity index (χ3n) is 3.79. The van der Waals surface area contributed by atoms with Crippen LogP contribution < -0.4 is 0 Å². The van der Waals surface area contributed by atoms with Gasteiger partial charge >= 0.3 is 0 Å². The molecule has 94 valence electrons. The Morgan fingerprint density at radius 1 is 1.47 bits per heavy atom. The van der Waals surface area contributed by atoms with E-state index >= 15 is 0 Å². The minimum absolute atomic E-state index is 0.0390. The van der Waals surface area contributed by atoms with E-state index in [1.807, 2.05) is 0 Å². The molecular weight excluding hydrogens is 258 g/mol. The molecule has 2 fully saturated rings. The molecule has 1 aromatic rings. The highest BCUT2D eigenvalue weighted by Gasteiger charge is 2.51. The molecule has 1 aliphatic heterocycles. The molecule has 0 amide bonds. The molecule has 4 nitrogen and oxygen atoms in total. The molecule has 2 bridgehead atoms. The lowest BCUT2D eigenvalue weighted by Crippen LogP contribution is -2.39. The maximum Gasteiger partial charge on any atom is 0.252 e. The van der Waals surface area contributed by atoms with Crippen LogP contribution in [0, 0.1) is 5.92 Å². The van der Waals surface area contributed by atoms with Crippen molar-refractivity contribution in [1.82, 2.24) is 4.31 Å². The molecule has 0 radical (unpaired) electrons. The first kappa shape index (κ1) is 11.6. The van der Waals surface area contributed by atoms with Crippen molar-refractivity contribution in [3.05, 3.63) is 17.5 Å². The molecule has 1 saturated carbocycles. The zero-order valence-electron chi connectivity index (χ0n) is 9.57. The van der Waals surface area contributed by atoms with Crippen LogP contribution >= 0.6 is 11.3 Å². The summed E-state index contributed by atoms with van der Waals surface area (Å²) < 4.78 is 32.4. The molecule has 1 aliphatic carbocycles. The lowest BCUT2D eigenvalue weighted by Gasteiger charge is -2.25. The molecule has 0 N–H and O–H groups in total. The van der Waals surface area contributed by atoms with E-state index in [1.165, 1.54) is 11.3 Å². The number of rotatable bonds is 3. The van der Waals surface area contributed by atoms with Crippen molar-refractivity contribution in [3.8, 4) is 0 Å². The minimum atomic E-state index is -3.30. The first-order valence-electron chi connectivity index (χ1n) is 5.72. The molecule has 6 heteroatoms. The van der Waals surface area contributed by atoms with Gasteiger partial charge in [0.15, 0.2) is 0 Å². The molecule has 1 aromatic heterocycles. The van der Waals surface area contributed by atoms with E-state index in [4.69, 9.17) is 4.74 Å². The van der Waals surface area contributed by atoms with Crippen molar-refractivity contribution >= 4 is 21.4 Å². The summed E-state index contributed by atoms with van der Waals surface area (Å²) in [5.74, 6) is 0.375. The summed E-state index contributed by atoms with van der Waals surface area (Å²) in [5, 5.41) is 1.80. The van der Waals surface area contributed by atoms with Crippen molar-refractivity contribution in [2.24, 2.45) is 5.92 Å². The third-order valence-corrected chi connectivity index (χ3v) is 7.06. The standard InChI is InChI=1S/C11H15NO3S2/c1-15-11-8-4-5-9(11)12(7-8)17(13,14)10-3-2-6-16-10/h2-3,6,8-9,11H,4-5,7H2,1H3. The number of hydrogen-bond donors (Lipinski definition) is 0. The second-order valence-corrected chi connectivity index (χ2v) is 7.68. The fraction of sp³-hybridized carbons (Fsp3) is 0.636. The number of piperidine rings is 1. The first-order chi connectivity index (χ1) is 8.14.